The molecule has 0 aliphatic rings. The molecule has 0 radical (unpaired) electrons. The van der Waals surface area contributed by atoms with Gasteiger partial charge in [-0.3, -0.25) is 4.68 Å². The highest BCUT2D eigenvalue weighted by molar-refractivity contribution is 5.80. The van der Waals surface area contributed by atoms with Crippen LogP contribution < -0.4 is 5.73 Å². The molecule has 3 aromatic rings. The molecule has 18 heavy (non-hydrogen) atoms. The van der Waals surface area contributed by atoms with Gasteiger partial charge in [-0.15, -0.1) is 0 Å². The highest BCUT2D eigenvalue weighted by Gasteiger charge is 2.11. The maximum absolute atomic E-state index is 5.73. The number of oxazole rings is 1. The first-order valence-electron chi connectivity index (χ1n) is 5.77. The van der Waals surface area contributed by atoms with Crippen molar-refractivity contribution < 1.29 is 4.42 Å². The molecule has 1 aromatic carbocycles. The highest BCUT2D eigenvalue weighted by Crippen LogP contribution is 2.26. The lowest BCUT2D eigenvalue weighted by Gasteiger charge is -1.99. The number of aromatic nitrogens is 3. The van der Waals surface area contributed by atoms with Gasteiger partial charge in [-0.25, -0.2) is 4.98 Å². The third-order valence-corrected chi connectivity index (χ3v) is 2.89. The summed E-state index contributed by atoms with van der Waals surface area (Å²) in [7, 11) is 1.89. The van der Waals surface area contributed by atoms with E-state index in [2.05, 4.69) is 10.1 Å². The Morgan fingerprint density at radius 1 is 1.39 bits per heavy atom. The van der Waals surface area contributed by atoms with Gasteiger partial charge in [0.15, 0.2) is 11.5 Å². The zero-order chi connectivity index (χ0) is 12.7. The predicted molar refractivity (Wildman–Crippen MR) is 68.8 cm³/mol. The number of aryl methyl sites for hydroxylation is 2. The van der Waals surface area contributed by atoms with Crippen LogP contribution in [0.1, 0.15) is 11.5 Å². The minimum Gasteiger partial charge on any atom is -0.441 e. The maximum atomic E-state index is 5.73. The summed E-state index contributed by atoms with van der Waals surface area (Å²) in [5.74, 6) is 0.669. The van der Waals surface area contributed by atoms with E-state index in [4.69, 9.17) is 10.2 Å². The van der Waals surface area contributed by atoms with Crippen molar-refractivity contribution in [3.8, 4) is 11.3 Å². The molecule has 0 fully saturated rings. The van der Waals surface area contributed by atoms with E-state index < -0.39 is 0 Å². The fraction of sp³-hybridized carbons (Fsp3) is 0.231. The van der Waals surface area contributed by atoms with Crippen LogP contribution in [-0.4, -0.2) is 14.8 Å². The van der Waals surface area contributed by atoms with Gasteiger partial charge in [-0.2, -0.15) is 5.10 Å². The number of nitrogens with zero attached hydrogens (tertiary/aromatic N) is 3. The molecule has 2 N–H and O–H groups in total. The molecule has 0 unspecified atom stereocenters. The van der Waals surface area contributed by atoms with Gasteiger partial charge >= 0.3 is 0 Å². The highest BCUT2D eigenvalue weighted by atomic mass is 16.3. The molecular formula is C13H14N4O. The summed E-state index contributed by atoms with van der Waals surface area (Å²) in [4.78, 5) is 4.28. The van der Waals surface area contributed by atoms with E-state index >= 15 is 0 Å². The summed E-state index contributed by atoms with van der Waals surface area (Å²) in [6.45, 7) is 2.31. The summed E-state index contributed by atoms with van der Waals surface area (Å²) >= 11 is 0. The van der Waals surface area contributed by atoms with Crippen molar-refractivity contribution in [3.05, 3.63) is 35.9 Å². The normalized spacial score (nSPS) is 11.3. The van der Waals surface area contributed by atoms with Gasteiger partial charge in [0.05, 0.1) is 5.69 Å². The van der Waals surface area contributed by atoms with Crippen molar-refractivity contribution >= 4 is 11.1 Å². The van der Waals surface area contributed by atoms with E-state index in [0.717, 1.165) is 27.9 Å². The second-order valence-electron chi connectivity index (χ2n) is 4.30. The second-order valence-corrected chi connectivity index (χ2v) is 4.30. The number of nitrogens with two attached hydrogens (primary N) is 1. The van der Waals surface area contributed by atoms with E-state index in [-0.39, 0.29) is 0 Å². The number of fused-ring (bicyclic) bond motifs is 1. The van der Waals surface area contributed by atoms with Gasteiger partial charge in [0, 0.05) is 37.8 Å². The lowest BCUT2D eigenvalue weighted by Crippen LogP contribution is -1.96. The lowest BCUT2D eigenvalue weighted by atomic mass is 10.1. The van der Waals surface area contributed by atoms with Crippen LogP contribution in [0.4, 0.5) is 0 Å². The van der Waals surface area contributed by atoms with Gasteiger partial charge in [-0.1, -0.05) is 6.07 Å². The minimum atomic E-state index is 0.469. The van der Waals surface area contributed by atoms with Crippen molar-refractivity contribution in [2.45, 2.75) is 13.5 Å². The molecule has 0 aliphatic heterocycles. The summed E-state index contributed by atoms with van der Waals surface area (Å²) in [6, 6.07) is 5.89. The molecule has 2 aromatic heterocycles. The van der Waals surface area contributed by atoms with Crippen LogP contribution in [-0.2, 0) is 13.6 Å². The Morgan fingerprint density at radius 2 is 2.22 bits per heavy atom. The summed E-state index contributed by atoms with van der Waals surface area (Å²) in [5.41, 5.74) is 10.3. The standard InChI is InChI=1S/C13H14N4O/c1-8-15-11-4-3-9(5-12(11)18-8)13-10(6-14)7-17(2)16-13/h3-5,7H,6,14H2,1-2H3. The molecule has 0 aliphatic carbocycles. The Balaban J connectivity index is 2.18. The van der Waals surface area contributed by atoms with Crippen molar-refractivity contribution in [2.75, 3.05) is 0 Å². The Hall–Kier alpha value is -2.14. The molecule has 3 rings (SSSR count). The Labute approximate surface area is 104 Å². The smallest absolute Gasteiger partial charge is 0.192 e. The van der Waals surface area contributed by atoms with Gasteiger partial charge in [0.25, 0.3) is 0 Å². The molecule has 0 bridgehead atoms. The Bertz CT molecular complexity index is 711. The third-order valence-electron chi connectivity index (χ3n) is 2.89. The van der Waals surface area contributed by atoms with E-state index in [1.165, 1.54) is 0 Å². The monoisotopic (exact) mass is 242 g/mol. The van der Waals surface area contributed by atoms with E-state index in [1.54, 1.807) is 4.68 Å². The molecule has 0 amide bonds. The van der Waals surface area contributed by atoms with Gasteiger partial charge in [0.2, 0.25) is 0 Å². The number of benzene rings is 1. The number of hydrogen-bond acceptors (Lipinski definition) is 4. The quantitative estimate of drug-likeness (QED) is 0.746. The molecule has 92 valence electrons. The predicted octanol–water partition coefficient (Wildman–Crippen LogP) is 2.00. The fourth-order valence-corrected chi connectivity index (χ4v) is 2.12. The average Bonchev–Trinajstić information content (AvgIpc) is 2.89. The third kappa shape index (κ3) is 1.69. The van der Waals surface area contributed by atoms with Crippen LogP contribution in [0.2, 0.25) is 0 Å². The molecule has 0 saturated heterocycles. The fourth-order valence-electron chi connectivity index (χ4n) is 2.12. The van der Waals surface area contributed by atoms with Gasteiger partial charge < -0.3 is 10.2 Å². The van der Waals surface area contributed by atoms with E-state index in [9.17, 15) is 0 Å². The van der Waals surface area contributed by atoms with Gasteiger partial charge in [0.1, 0.15) is 5.52 Å². The van der Waals surface area contributed by atoms with Crippen LogP contribution in [0.3, 0.4) is 0 Å². The SMILES string of the molecule is Cc1nc2ccc(-c3nn(C)cc3CN)cc2o1. The van der Waals surface area contributed by atoms with Crippen LogP contribution in [0, 0.1) is 6.92 Å². The topological polar surface area (TPSA) is 69.9 Å². The van der Waals surface area contributed by atoms with E-state index in [0.29, 0.717) is 12.4 Å². The largest absolute Gasteiger partial charge is 0.441 e. The van der Waals surface area contributed by atoms with Crippen LogP contribution in [0.15, 0.2) is 28.8 Å². The molecule has 5 nitrogen and oxygen atoms in total. The van der Waals surface area contributed by atoms with Crippen molar-refractivity contribution in [3.63, 3.8) is 0 Å². The lowest BCUT2D eigenvalue weighted by molar-refractivity contribution is 0.561. The molecule has 0 saturated carbocycles. The summed E-state index contributed by atoms with van der Waals surface area (Å²) < 4.78 is 7.30. The molecule has 5 heteroatoms. The van der Waals surface area contributed by atoms with Crippen LogP contribution in [0.5, 0.6) is 0 Å². The number of hydrogen-bond donors (Lipinski definition) is 1. The number of rotatable bonds is 2. The molecule has 0 atom stereocenters. The zero-order valence-corrected chi connectivity index (χ0v) is 10.3. The average molecular weight is 242 g/mol. The molecule has 0 spiro atoms. The molecular weight excluding hydrogens is 228 g/mol. The summed E-state index contributed by atoms with van der Waals surface area (Å²) in [5, 5.41) is 4.44. The first-order chi connectivity index (χ1) is 8.67. The second kappa shape index (κ2) is 3.96. The Kier molecular flexibility index (Phi) is 2.41. The first-order valence-corrected chi connectivity index (χ1v) is 5.77. The van der Waals surface area contributed by atoms with Crippen molar-refractivity contribution in [1.82, 2.24) is 14.8 Å². The van der Waals surface area contributed by atoms with E-state index in [1.807, 2.05) is 38.4 Å². The van der Waals surface area contributed by atoms with Crippen molar-refractivity contribution in [2.24, 2.45) is 12.8 Å². The van der Waals surface area contributed by atoms with Crippen LogP contribution >= 0.6 is 0 Å². The van der Waals surface area contributed by atoms with Crippen molar-refractivity contribution in [1.29, 1.82) is 0 Å². The Morgan fingerprint density at radius 3 is 3.00 bits per heavy atom. The summed E-state index contributed by atoms with van der Waals surface area (Å²) in [6.07, 6.45) is 1.94. The maximum Gasteiger partial charge on any atom is 0.192 e. The zero-order valence-electron chi connectivity index (χ0n) is 10.3. The molecule has 2 heterocycles. The first kappa shape index (κ1) is 11.0. The van der Waals surface area contributed by atoms with Crippen LogP contribution in [0.25, 0.3) is 22.4 Å². The van der Waals surface area contributed by atoms with Gasteiger partial charge in [-0.05, 0) is 12.1 Å². The minimum absolute atomic E-state index is 0.469.